The van der Waals surface area contributed by atoms with E-state index in [0.29, 0.717) is 37.3 Å². The summed E-state index contributed by atoms with van der Waals surface area (Å²) < 4.78 is 21.3. The minimum Gasteiger partial charge on any atom is -0.497 e. The summed E-state index contributed by atoms with van der Waals surface area (Å²) in [6, 6.07) is 7.21. The Bertz CT molecular complexity index is 733. The van der Waals surface area contributed by atoms with Crippen LogP contribution in [0.1, 0.15) is 24.8 Å². The SMILES string of the molecule is COCCOCC(=O)N1CCCC1c1nnc(-c2cccc(OC)c2)o1. The third kappa shape index (κ3) is 4.20. The van der Waals surface area contributed by atoms with Crippen LogP contribution in [0.4, 0.5) is 0 Å². The second-order valence-corrected chi connectivity index (χ2v) is 5.97. The fourth-order valence-electron chi connectivity index (χ4n) is 2.95. The summed E-state index contributed by atoms with van der Waals surface area (Å²) in [5.41, 5.74) is 0.780. The van der Waals surface area contributed by atoms with E-state index in [-0.39, 0.29) is 18.6 Å². The van der Waals surface area contributed by atoms with E-state index in [4.69, 9.17) is 18.6 Å². The first-order chi connectivity index (χ1) is 12.7. The molecule has 1 aromatic heterocycles. The van der Waals surface area contributed by atoms with Crippen LogP contribution in [-0.4, -0.2) is 61.6 Å². The smallest absolute Gasteiger partial charge is 0.249 e. The van der Waals surface area contributed by atoms with Gasteiger partial charge in [-0.3, -0.25) is 4.79 Å². The van der Waals surface area contributed by atoms with Crippen molar-refractivity contribution < 1.29 is 23.4 Å². The van der Waals surface area contributed by atoms with Crippen LogP contribution in [0, 0.1) is 0 Å². The lowest BCUT2D eigenvalue weighted by atomic mass is 10.2. The summed E-state index contributed by atoms with van der Waals surface area (Å²) in [7, 11) is 3.20. The van der Waals surface area contributed by atoms with E-state index in [2.05, 4.69) is 10.2 Å². The number of ether oxygens (including phenoxy) is 3. The third-order valence-corrected chi connectivity index (χ3v) is 4.27. The zero-order chi connectivity index (χ0) is 18.4. The quantitative estimate of drug-likeness (QED) is 0.665. The summed E-state index contributed by atoms with van der Waals surface area (Å²) in [5.74, 6) is 1.50. The molecule has 1 saturated heterocycles. The molecule has 0 spiro atoms. The van der Waals surface area contributed by atoms with Gasteiger partial charge >= 0.3 is 0 Å². The van der Waals surface area contributed by atoms with Crippen LogP contribution in [-0.2, 0) is 14.3 Å². The van der Waals surface area contributed by atoms with E-state index >= 15 is 0 Å². The number of hydrogen-bond donors (Lipinski definition) is 0. The molecule has 8 nitrogen and oxygen atoms in total. The first-order valence-corrected chi connectivity index (χ1v) is 8.57. The number of carbonyl (C=O) groups is 1. The van der Waals surface area contributed by atoms with Crippen LogP contribution in [0.2, 0.25) is 0 Å². The molecule has 2 heterocycles. The third-order valence-electron chi connectivity index (χ3n) is 4.27. The maximum atomic E-state index is 12.4. The lowest BCUT2D eigenvalue weighted by molar-refractivity contribution is -0.137. The van der Waals surface area contributed by atoms with Gasteiger partial charge in [-0.15, -0.1) is 10.2 Å². The number of carbonyl (C=O) groups excluding carboxylic acids is 1. The predicted octanol–water partition coefficient (Wildman–Crippen LogP) is 2.07. The first kappa shape index (κ1) is 18.3. The summed E-state index contributed by atoms with van der Waals surface area (Å²) in [6.07, 6.45) is 1.69. The van der Waals surface area contributed by atoms with E-state index in [1.54, 1.807) is 19.1 Å². The maximum Gasteiger partial charge on any atom is 0.249 e. The van der Waals surface area contributed by atoms with Crippen molar-refractivity contribution in [3.05, 3.63) is 30.2 Å². The van der Waals surface area contributed by atoms with Crippen LogP contribution in [0.15, 0.2) is 28.7 Å². The Hall–Kier alpha value is -2.45. The molecule has 26 heavy (non-hydrogen) atoms. The average Bonchev–Trinajstić information content (AvgIpc) is 3.34. The molecule has 0 radical (unpaired) electrons. The molecule has 1 aliphatic rings. The van der Waals surface area contributed by atoms with E-state index in [1.807, 2.05) is 24.3 Å². The van der Waals surface area contributed by atoms with E-state index < -0.39 is 0 Å². The van der Waals surface area contributed by atoms with Gasteiger partial charge in [0.1, 0.15) is 18.4 Å². The van der Waals surface area contributed by atoms with Gasteiger partial charge in [-0.25, -0.2) is 0 Å². The molecular weight excluding hydrogens is 338 g/mol. The maximum absolute atomic E-state index is 12.4. The molecule has 1 unspecified atom stereocenters. The number of aromatic nitrogens is 2. The van der Waals surface area contributed by atoms with Gasteiger partial charge in [-0.1, -0.05) is 6.07 Å². The molecule has 0 aliphatic carbocycles. The van der Waals surface area contributed by atoms with Gasteiger partial charge in [0.2, 0.25) is 17.7 Å². The predicted molar refractivity (Wildman–Crippen MR) is 92.7 cm³/mol. The Balaban J connectivity index is 1.68. The molecule has 1 aromatic carbocycles. The Morgan fingerprint density at radius 3 is 3.00 bits per heavy atom. The summed E-state index contributed by atoms with van der Waals surface area (Å²) in [6.45, 7) is 1.54. The molecule has 1 amide bonds. The highest BCUT2D eigenvalue weighted by Gasteiger charge is 2.33. The van der Waals surface area contributed by atoms with Crippen LogP contribution >= 0.6 is 0 Å². The molecule has 0 saturated carbocycles. The van der Waals surface area contributed by atoms with Gasteiger partial charge in [0.15, 0.2) is 0 Å². The molecule has 8 heteroatoms. The lowest BCUT2D eigenvalue weighted by Gasteiger charge is -2.21. The second kappa shape index (κ2) is 8.77. The van der Waals surface area contributed by atoms with Crippen molar-refractivity contribution in [2.75, 3.05) is 40.6 Å². The van der Waals surface area contributed by atoms with E-state index in [9.17, 15) is 4.79 Å². The molecule has 0 bridgehead atoms. The van der Waals surface area contributed by atoms with Crippen molar-refractivity contribution in [3.8, 4) is 17.2 Å². The van der Waals surface area contributed by atoms with Gasteiger partial charge in [0, 0.05) is 19.2 Å². The number of benzene rings is 1. The van der Waals surface area contributed by atoms with Crippen LogP contribution in [0.5, 0.6) is 5.75 Å². The van der Waals surface area contributed by atoms with Crippen molar-refractivity contribution in [2.24, 2.45) is 0 Å². The molecule has 1 fully saturated rings. The number of likely N-dealkylation sites (tertiary alicyclic amines) is 1. The normalized spacial score (nSPS) is 16.8. The van der Waals surface area contributed by atoms with Crippen LogP contribution in [0.25, 0.3) is 11.5 Å². The Morgan fingerprint density at radius 2 is 2.19 bits per heavy atom. The Labute approximate surface area is 152 Å². The number of rotatable bonds is 8. The number of hydrogen-bond acceptors (Lipinski definition) is 7. The van der Waals surface area contributed by atoms with Crippen LogP contribution in [0.3, 0.4) is 0 Å². The molecule has 2 aromatic rings. The largest absolute Gasteiger partial charge is 0.497 e. The van der Waals surface area contributed by atoms with Crippen LogP contribution < -0.4 is 4.74 Å². The number of amides is 1. The summed E-state index contributed by atoms with van der Waals surface area (Å²) in [5, 5.41) is 8.29. The van der Waals surface area contributed by atoms with Crippen molar-refractivity contribution >= 4 is 5.91 Å². The van der Waals surface area contributed by atoms with Gasteiger partial charge in [0.25, 0.3) is 0 Å². The second-order valence-electron chi connectivity index (χ2n) is 5.97. The first-order valence-electron chi connectivity index (χ1n) is 8.57. The topological polar surface area (TPSA) is 86.9 Å². The number of nitrogens with zero attached hydrogens (tertiary/aromatic N) is 3. The summed E-state index contributed by atoms with van der Waals surface area (Å²) in [4.78, 5) is 14.2. The zero-order valence-corrected chi connectivity index (χ0v) is 15.0. The highest BCUT2D eigenvalue weighted by Crippen LogP contribution is 2.33. The molecule has 0 N–H and O–H groups in total. The monoisotopic (exact) mass is 361 g/mol. The van der Waals surface area contributed by atoms with Crippen molar-refractivity contribution in [1.82, 2.24) is 15.1 Å². The van der Waals surface area contributed by atoms with Gasteiger partial charge in [0.05, 0.1) is 20.3 Å². The van der Waals surface area contributed by atoms with E-state index in [0.717, 1.165) is 18.4 Å². The molecule has 140 valence electrons. The summed E-state index contributed by atoms with van der Waals surface area (Å²) >= 11 is 0. The minimum atomic E-state index is -0.208. The molecule has 1 aliphatic heterocycles. The van der Waals surface area contributed by atoms with Crippen molar-refractivity contribution in [1.29, 1.82) is 0 Å². The minimum absolute atomic E-state index is 0.0245. The van der Waals surface area contributed by atoms with Gasteiger partial charge in [-0.05, 0) is 31.0 Å². The number of methoxy groups -OCH3 is 2. The lowest BCUT2D eigenvalue weighted by Crippen LogP contribution is -2.34. The fraction of sp³-hybridized carbons (Fsp3) is 0.500. The highest BCUT2D eigenvalue weighted by atomic mass is 16.5. The standard InChI is InChI=1S/C18H23N3O5/c1-23-9-10-25-12-16(22)21-8-4-7-15(21)18-20-19-17(26-18)13-5-3-6-14(11-13)24-2/h3,5-6,11,15H,4,7-10,12H2,1-2H3. The fourth-order valence-corrected chi connectivity index (χ4v) is 2.95. The molecule has 1 atom stereocenters. The van der Waals surface area contributed by atoms with Gasteiger partial charge < -0.3 is 23.5 Å². The Morgan fingerprint density at radius 1 is 1.31 bits per heavy atom. The highest BCUT2D eigenvalue weighted by molar-refractivity contribution is 5.78. The van der Waals surface area contributed by atoms with Crippen molar-refractivity contribution in [3.63, 3.8) is 0 Å². The average molecular weight is 361 g/mol. The molecular formula is C18H23N3O5. The molecule has 3 rings (SSSR count). The van der Waals surface area contributed by atoms with E-state index in [1.165, 1.54) is 0 Å². The van der Waals surface area contributed by atoms with Gasteiger partial charge in [-0.2, -0.15) is 0 Å². The zero-order valence-electron chi connectivity index (χ0n) is 15.0. The Kier molecular flexibility index (Phi) is 6.19. The van der Waals surface area contributed by atoms with Crippen molar-refractivity contribution in [2.45, 2.75) is 18.9 Å².